The number of amides is 1. The Labute approximate surface area is 185 Å². The fourth-order valence-corrected chi connectivity index (χ4v) is 5.14. The molecule has 7 nitrogen and oxygen atoms in total. The zero-order chi connectivity index (χ0) is 22.4. The summed E-state index contributed by atoms with van der Waals surface area (Å²) in [5.74, 6) is 0.505. The summed E-state index contributed by atoms with van der Waals surface area (Å²) < 4.78 is 32.1. The van der Waals surface area contributed by atoms with Crippen molar-refractivity contribution < 1.29 is 17.9 Å². The first-order chi connectivity index (χ1) is 14.8. The normalized spacial score (nSPS) is 15.5. The van der Waals surface area contributed by atoms with E-state index in [1.807, 2.05) is 32.0 Å². The Morgan fingerprint density at radius 1 is 1.00 bits per heavy atom. The van der Waals surface area contributed by atoms with Crippen molar-refractivity contribution in [1.82, 2.24) is 4.90 Å². The fourth-order valence-electron chi connectivity index (χ4n) is 3.93. The molecule has 0 aromatic heterocycles. The van der Waals surface area contributed by atoms with Crippen LogP contribution in [0.3, 0.4) is 0 Å². The van der Waals surface area contributed by atoms with Crippen LogP contribution in [0.25, 0.3) is 0 Å². The van der Waals surface area contributed by atoms with Gasteiger partial charge in [0.2, 0.25) is 15.9 Å². The molecule has 1 heterocycles. The van der Waals surface area contributed by atoms with Gasteiger partial charge >= 0.3 is 0 Å². The van der Waals surface area contributed by atoms with Gasteiger partial charge in [-0.15, -0.1) is 0 Å². The standard InChI is InChI=1S/C23H31N3O4S/c1-4-22(26(31(3,28)29)20-11-13-21(14-12-20)30-5-2)23(27)25-17-15-24(16-18-25)19-9-7-6-8-10-19/h6-14,22H,4-5,15-18H2,1-3H3. The van der Waals surface area contributed by atoms with E-state index in [2.05, 4.69) is 17.0 Å². The summed E-state index contributed by atoms with van der Waals surface area (Å²) in [5, 5.41) is 0. The second kappa shape index (κ2) is 10.0. The van der Waals surface area contributed by atoms with Gasteiger partial charge in [-0.05, 0) is 49.7 Å². The van der Waals surface area contributed by atoms with Crippen LogP contribution in [0.1, 0.15) is 20.3 Å². The number of rotatable bonds is 8. The molecule has 1 saturated heterocycles. The number of piperazine rings is 1. The molecular weight excluding hydrogens is 414 g/mol. The van der Waals surface area contributed by atoms with Crippen LogP contribution < -0.4 is 13.9 Å². The van der Waals surface area contributed by atoms with Crippen molar-refractivity contribution in [3.8, 4) is 5.75 Å². The number of sulfonamides is 1. The average molecular weight is 446 g/mol. The highest BCUT2D eigenvalue weighted by atomic mass is 32.2. The largest absolute Gasteiger partial charge is 0.494 e. The van der Waals surface area contributed by atoms with Gasteiger partial charge in [-0.1, -0.05) is 25.1 Å². The molecule has 0 bridgehead atoms. The zero-order valence-corrected chi connectivity index (χ0v) is 19.2. The van der Waals surface area contributed by atoms with Gasteiger partial charge in [-0.3, -0.25) is 9.10 Å². The summed E-state index contributed by atoms with van der Waals surface area (Å²) in [6.07, 6.45) is 1.53. The third-order valence-electron chi connectivity index (χ3n) is 5.43. The maximum atomic E-state index is 13.4. The summed E-state index contributed by atoms with van der Waals surface area (Å²) in [4.78, 5) is 17.4. The van der Waals surface area contributed by atoms with Crippen LogP contribution in [-0.4, -0.2) is 64.3 Å². The number of hydrogen-bond donors (Lipinski definition) is 0. The Kier molecular flexibility index (Phi) is 7.43. The lowest BCUT2D eigenvalue weighted by atomic mass is 10.1. The summed E-state index contributed by atoms with van der Waals surface area (Å²) in [6, 6.07) is 16.2. The summed E-state index contributed by atoms with van der Waals surface area (Å²) in [7, 11) is -3.66. The summed E-state index contributed by atoms with van der Waals surface area (Å²) in [5.41, 5.74) is 1.60. The monoisotopic (exact) mass is 445 g/mol. The number of anilines is 2. The molecule has 1 fully saturated rings. The van der Waals surface area contributed by atoms with Crippen molar-refractivity contribution in [2.45, 2.75) is 26.3 Å². The molecule has 1 aliphatic heterocycles. The maximum Gasteiger partial charge on any atom is 0.246 e. The SMILES string of the molecule is CCOc1ccc(N(C(CC)C(=O)N2CCN(c3ccccc3)CC2)S(C)(=O)=O)cc1. The summed E-state index contributed by atoms with van der Waals surface area (Å²) >= 11 is 0. The minimum atomic E-state index is -3.66. The minimum absolute atomic E-state index is 0.158. The second-order valence-electron chi connectivity index (χ2n) is 7.56. The van der Waals surface area contributed by atoms with E-state index < -0.39 is 16.1 Å². The van der Waals surface area contributed by atoms with E-state index >= 15 is 0 Å². The first kappa shape index (κ1) is 22.9. The average Bonchev–Trinajstić information content (AvgIpc) is 2.78. The number of carbonyl (C=O) groups is 1. The van der Waals surface area contributed by atoms with E-state index in [-0.39, 0.29) is 5.91 Å². The first-order valence-corrected chi connectivity index (χ1v) is 12.5. The third kappa shape index (κ3) is 5.50. The fraction of sp³-hybridized carbons (Fsp3) is 0.435. The lowest BCUT2D eigenvalue weighted by molar-refractivity contribution is -0.132. The van der Waals surface area contributed by atoms with Gasteiger partial charge in [0.05, 0.1) is 18.6 Å². The first-order valence-electron chi connectivity index (χ1n) is 10.7. The molecule has 0 N–H and O–H groups in total. The van der Waals surface area contributed by atoms with Gasteiger partial charge in [0.25, 0.3) is 0 Å². The smallest absolute Gasteiger partial charge is 0.246 e. The van der Waals surface area contributed by atoms with Crippen LogP contribution in [0.5, 0.6) is 5.75 Å². The van der Waals surface area contributed by atoms with Crippen LogP contribution in [0, 0.1) is 0 Å². The highest BCUT2D eigenvalue weighted by Gasteiger charge is 2.35. The number of carbonyl (C=O) groups excluding carboxylic acids is 1. The Balaban J connectivity index is 1.77. The molecule has 1 unspecified atom stereocenters. The van der Waals surface area contributed by atoms with E-state index in [0.717, 1.165) is 11.9 Å². The molecule has 168 valence electrons. The quantitative estimate of drug-likeness (QED) is 0.625. The molecule has 0 radical (unpaired) electrons. The second-order valence-corrected chi connectivity index (χ2v) is 9.42. The molecular formula is C23H31N3O4S. The Morgan fingerprint density at radius 3 is 2.13 bits per heavy atom. The number of ether oxygens (including phenoxy) is 1. The number of hydrogen-bond acceptors (Lipinski definition) is 5. The lowest BCUT2D eigenvalue weighted by Crippen LogP contribution is -2.56. The van der Waals surface area contributed by atoms with Gasteiger partial charge in [-0.25, -0.2) is 8.42 Å². The molecule has 1 amide bonds. The Hall–Kier alpha value is -2.74. The van der Waals surface area contributed by atoms with E-state index in [1.54, 1.807) is 29.2 Å². The van der Waals surface area contributed by atoms with Crippen LogP contribution in [0.4, 0.5) is 11.4 Å². The maximum absolute atomic E-state index is 13.4. The van der Waals surface area contributed by atoms with Crippen molar-refractivity contribution in [1.29, 1.82) is 0 Å². The van der Waals surface area contributed by atoms with Crippen molar-refractivity contribution in [2.75, 3.05) is 48.2 Å². The van der Waals surface area contributed by atoms with E-state index in [9.17, 15) is 13.2 Å². The Bertz CT molecular complexity index is 956. The molecule has 2 aromatic rings. The predicted molar refractivity (Wildman–Crippen MR) is 124 cm³/mol. The minimum Gasteiger partial charge on any atom is -0.494 e. The van der Waals surface area contributed by atoms with Gasteiger partial charge < -0.3 is 14.5 Å². The molecule has 0 aliphatic carbocycles. The molecule has 8 heteroatoms. The predicted octanol–water partition coefficient (Wildman–Crippen LogP) is 2.98. The van der Waals surface area contributed by atoms with E-state index in [4.69, 9.17) is 4.74 Å². The van der Waals surface area contributed by atoms with Gasteiger partial charge in [0.15, 0.2) is 0 Å². The van der Waals surface area contributed by atoms with Crippen LogP contribution in [0.2, 0.25) is 0 Å². The highest BCUT2D eigenvalue weighted by molar-refractivity contribution is 7.92. The Morgan fingerprint density at radius 2 is 1.61 bits per heavy atom. The number of benzene rings is 2. The van der Waals surface area contributed by atoms with Gasteiger partial charge in [-0.2, -0.15) is 0 Å². The number of nitrogens with zero attached hydrogens (tertiary/aromatic N) is 3. The lowest BCUT2D eigenvalue weighted by Gasteiger charge is -2.39. The van der Waals surface area contributed by atoms with Gasteiger partial charge in [0.1, 0.15) is 11.8 Å². The van der Waals surface area contributed by atoms with E-state index in [1.165, 1.54) is 4.31 Å². The van der Waals surface area contributed by atoms with E-state index in [0.29, 0.717) is 50.6 Å². The van der Waals surface area contributed by atoms with Crippen molar-refractivity contribution in [3.05, 3.63) is 54.6 Å². The molecule has 2 aromatic carbocycles. The van der Waals surface area contributed by atoms with Crippen molar-refractivity contribution >= 4 is 27.3 Å². The summed E-state index contributed by atoms with van der Waals surface area (Å²) in [6.45, 7) is 6.81. The van der Waals surface area contributed by atoms with Crippen LogP contribution in [0.15, 0.2) is 54.6 Å². The molecule has 1 aliphatic rings. The van der Waals surface area contributed by atoms with Crippen molar-refractivity contribution in [3.63, 3.8) is 0 Å². The zero-order valence-electron chi connectivity index (χ0n) is 18.4. The molecule has 31 heavy (non-hydrogen) atoms. The molecule has 0 saturated carbocycles. The third-order valence-corrected chi connectivity index (χ3v) is 6.61. The molecule has 3 rings (SSSR count). The van der Waals surface area contributed by atoms with Crippen LogP contribution >= 0.6 is 0 Å². The topological polar surface area (TPSA) is 70.2 Å². The van der Waals surface area contributed by atoms with Crippen LogP contribution in [-0.2, 0) is 14.8 Å². The highest BCUT2D eigenvalue weighted by Crippen LogP contribution is 2.26. The molecule has 0 spiro atoms. The van der Waals surface area contributed by atoms with Gasteiger partial charge in [0, 0.05) is 31.9 Å². The molecule has 1 atom stereocenters. The van der Waals surface area contributed by atoms with Crippen molar-refractivity contribution in [2.24, 2.45) is 0 Å². The number of para-hydroxylation sites is 1.